The molecule has 0 atom stereocenters. The zero-order valence-corrected chi connectivity index (χ0v) is 20.0. The summed E-state index contributed by atoms with van der Waals surface area (Å²) in [5.74, 6) is 1.44. The molecule has 8 heteroatoms. The third-order valence-corrected chi connectivity index (χ3v) is 6.07. The molecule has 180 valence electrons. The molecule has 37 heavy (non-hydrogen) atoms. The van der Waals surface area contributed by atoms with Crippen LogP contribution in [-0.4, -0.2) is 30.0 Å². The number of urea groups is 1. The maximum atomic E-state index is 12.6. The van der Waals surface area contributed by atoms with E-state index < -0.39 is 0 Å². The first-order chi connectivity index (χ1) is 18.2. The predicted octanol–water partition coefficient (Wildman–Crippen LogP) is 6.20. The van der Waals surface area contributed by atoms with Gasteiger partial charge in [0.05, 0.1) is 5.69 Å². The minimum absolute atomic E-state index is 0.309. The Bertz CT molecular complexity index is 1720. The van der Waals surface area contributed by atoms with Crippen LogP contribution in [0.3, 0.4) is 0 Å². The van der Waals surface area contributed by atoms with Crippen molar-refractivity contribution in [3.63, 3.8) is 0 Å². The Labute approximate surface area is 213 Å². The van der Waals surface area contributed by atoms with E-state index in [0.717, 1.165) is 33.9 Å². The van der Waals surface area contributed by atoms with E-state index in [9.17, 15) is 4.79 Å². The molecule has 0 aliphatic heterocycles. The number of hydrogen-bond acceptors (Lipinski definition) is 4. The number of fused-ring (bicyclic) bond motifs is 1. The van der Waals surface area contributed by atoms with Crippen LogP contribution in [0.5, 0.6) is 0 Å². The Morgan fingerprint density at radius 2 is 1.59 bits per heavy atom. The quantitative estimate of drug-likeness (QED) is 0.304. The second-order valence-corrected chi connectivity index (χ2v) is 8.57. The maximum absolute atomic E-state index is 12.6. The maximum Gasteiger partial charge on any atom is 0.323 e. The minimum Gasteiger partial charge on any atom is -0.308 e. The fourth-order valence-corrected chi connectivity index (χ4v) is 4.25. The van der Waals surface area contributed by atoms with Crippen LogP contribution in [0.15, 0.2) is 110 Å². The monoisotopic (exact) mass is 485 g/mol. The number of nitrogens with zero attached hydrogens (tertiary/aromatic N) is 5. The number of anilines is 2. The number of aryl methyl sites for hydroxylation is 1. The predicted molar refractivity (Wildman–Crippen MR) is 145 cm³/mol. The number of hydrogen-bond donors (Lipinski definition) is 2. The van der Waals surface area contributed by atoms with Gasteiger partial charge in [0.25, 0.3) is 0 Å². The van der Waals surface area contributed by atoms with Crippen LogP contribution in [0, 0.1) is 6.92 Å². The molecule has 0 saturated carbocycles. The number of para-hydroxylation sites is 1. The molecule has 0 saturated heterocycles. The standard InChI is InChI=1S/C29H23N7O/c1-20-8-5-6-13-24(20)34-29(37)32-23-12-7-11-22(18-23)25-19-35-16-14-31-27(35)28(33-25)36-17-15-30-26(36)21-9-3-2-4-10-21/h2-19H,1H3,(H2,32,34,37). The number of benzene rings is 3. The van der Waals surface area contributed by atoms with Crippen LogP contribution < -0.4 is 10.6 Å². The number of amides is 2. The van der Waals surface area contributed by atoms with Gasteiger partial charge >= 0.3 is 6.03 Å². The summed E-state index contributed by atoms with van der Waals surface area (Å²) in [7, 11) is 0. The zero-order chi connectivity index (χ0) is 25.2. The summed E-state index contributed by atoms with van der Waals surface area (Å²) < 4.78 is 3.89. The molecule has 0 spiro atoms. The highest BCUT2D eigenvalue weighted by atomic mass is 16.2. The van der Waals surface area contributed by atoms with Crippen molar-refractivity contribution >= 4 is 23.1 Å². The first-order valence-corrected chi connectivity index (χ1v) is 11.8. The molecule has 2 N–H and O–H groups in total. The smallest absolute Gasteiger partial charge is 0.308 e. The van der Waals surface area contributed by atoms with Crippen molar-refractivity contribution in [3.05, 3.63) is 115 Å². The van der Waals surface area contributed by atoms with Gasteiger partial charge in [-0.1, -0.05) is 60.7 Å². The number of aromatic nitrogens is 5. The first-order valence-electron chi connectivity index (χ1n) is 11.8. The minimum atomic E-state index is -0.309. The summed E-state index contributed by atoms with van der Waals surface area (Å²) in [5, 5.41) is 5.82. The van der Waals surface area contributed by atoms with Gasteiger partial charge in [-0.2, -0.15) is 0 Å². The van der Waals surface area contributed by atoms with Crippen LogP contribution in [0.4, 0.5) is 16.2 Å². The lowest BCUT2D eigenvalue weighted by atomic mass is 10.1. The van der Waals surface area contributed by atoms with Crippen molar-refractivity contribution in [1.82, 2.24) is 23.9 Å². The molecule has 0 bridgehead atoms. The molecule has 0 radical (unpaired) electrons. The lowest BCUT2D eigenvalue weighted by Gasteiger charge is -2.13. The average molecular weight is 486 g/mol. The molecule has 6 rings (SSSR count). The van der Waals surface area contributed by atoms with Gasteiger partial charge < -0.3 is 15.0 Å². The van der Waals surface area contributed by atoms with Crippen molar-refractivity contribution in [3.8, 4) is 28.5 Å². The Kier molecular flexibility index (Phi) is 5.67. The third-order valence-electron chi connectivity index (χ3n) is 6.07. The topological polar surface area (TPSA) is 89.1 Å². The summed E-state index contributed by atoms with van der Waals surface area (Å²) in [6.07, 6.45) is 9.21. The fraction of sp³-hybridized carbons (Fsp3) is 0.0345. The highest BCUT2D eigenvalue weighted by molar-refractivity contribution is 6.00. The molecule has 2 amide bonds. The SMILES string of the molecule is Cc1ccccc1NC(=O)Nc1cccc(-c2cn3ccnc3c(-n3ccnc3-c3ccccc3)n2)c1. The van der Waals surface area contributed by atoms with E-state index in [1.807, 2.05) is 113 Å². The Morgan fingerprint density at radius 1 is 0.811 bits per heavy atom. The normalized spacial score (nSPS) is 10.9. The van der Waals surface area contributed by atoms with Crippen LogP contribution in [0.1, 0.15) is 5.56 Å². The number of imidazole rings is 2. The molecule has 8 nitrogen and oxygen atoms in total. The fourth-order valence-electron chi connectivity index (χ4n) is 4.25. The molecule has 3 aromatic carbocycles. The van der Waals surface area contributed by atoms with Gasteiger partial charge in [-0.25, -0.2) is 19.7 Å². The second-order valence-electron chi connectivity index (χ2n) is 8.57. The van der Waals surface area contributed by atoms with Gasteiger partial charge in [0.15, 0.2) is 11.5 Å². The van der Waals surface area contributed by atoms with Crippen molar-refractivity contribution in [2.24, 2.45) is 0 Å². The molecular weight excluding hydrogens is 462 g/mol. The number of carbonyl (C=O) groups is 1. The summed E-state index contributed by atoms with van der Waals surface area (Å²) in [6.45, 7) is 1.95. The Hall–Kier alpha value is -5.24. The van der Waals surface area contributed by atoms with E-state index in [4.69, 9.17) is 4.98 Å². The molecule has 3 heterocycles. The van der Waals surface area contributed by atoms with Gasteiger partial charge in [0.2, 0.25) is 0 Å². The molecule has 6 aromatic rings. The van der Waals surface area contributed by atoms with Gasteiger partial charge in [0.1, 0.15) is 5.82 Å². The van der Waals surface area contributed by atoms with Gasteiger partial charge in [-0.3, -0.25) is 4.57 Å². The summed E-state index contributed by atoms with van der Waals surface area (Å²) in [4.78, 5) is 26.7. The number of rotatable bonds is 5. The lowest BCUT2D eigenvalue weighted by Crippen LogP contribution is -2.19. The first kappa shape index (κ1) is 22.2. The molecule has 0 unspecified atom stereocenters. The zero-order valence-electron chi connectivity index (χ0n) is 20.0. The van der Waals surface area contributed by atoms with E-state index in [1.165, 1.54) is 0 Å². The molecule has 0 aliphatic carbocycles. The van der Waals surface area contributed by atoms with Crippen molar-refractivity contribution in [2.75, 3.05) is 10.6 Å². The van der Waals surface area contributed by atoms with E-state index in [-0.39, 0.29) is 6.03 Å². The average Bonchev–Trinajstić information content (AvgIpc) is 3.60. The largest absolute Gasteiger partial charge is 0.323 e. The highest BCUT2D eigenvalue weighted by Gasteiger charge is 2.16. The molecule has 3 aromatic heterocycles. The van der Waals surface area contributed by atoms with Crippen LogP contribution in [-0.2, 0) is 0 Å². The van der Waals surface area contributed by atoms with Crippen molar-refractivity contribution in [2.45, 2.75) is 6.92 Å². The van der Waals surface area contributed by atoms with E-state index in [1.54, 1.807) is 12.4 Å². The molecule has 0 aliphatic rings. The van der Waals surface area contributed by atoms with E-state index in [0.29, 0.717) is 17.2 Å². The van der Waals surface area contributed by atoms with Gasteiger partial charge in [-0.15, -0.1) is 0 Å². The summed E-state index contributed by atoms with van der Waals surface area (Å²) in [6, 6.07) is 24.9. The summed E-state index contributed by atoms with van der Waals surface area (Å²) >= 11 is 0. The molecule has 0 fully saturated rings. The molecular formula is C29H23N7O. The van der Waals surface area contributed by atoms with Crippen LogP contribution in [0.25, 0.3) is 34.1 Å². The van der Waals surface area contributed by atoms with E-state index in [2.05, 4.69) is 20.6 Å². The number of nitrogens with one attached hydrogen (secondary N) is 2. The highest BCUT2D eigenvalue weighted by Crippen LogP contribution is 2.27. The Morgan fingerprint density at radius 3 is 2.46 bits per heavy atom. The van der Waals surface area contributed by atoms with Gasteiger partial charge in [-0.05, 0) is 30.7 Å². The Balaban J connectivity index is 1.35. The lowest BCUT2D eigenvalue weighted by molar-refractivity contribution is 0.262. The van der Waals surface area contributed by atoms with Crippen molar-refractivity contribution < 1.29 is 4.79 Å². The van der Waals surface area contributed by atoms with E-state index >= 15 is 0 Å². The van der Waals surface area contributed by atoms with Crippen LogP contribution in [0.2, 0.25) is 0 Å². The number of carbonyl (C=O) groups excluding carboxylic acids is 1. The van der Waals surface area contributed by atoms with Gasteiger partial charge in [0, 0.05) is 53.5 Å². The van der Waals surface area contributed by atoms with Crippen molar-refractivity contribution in [1.29, 1.82) is 0 Å². The third kappa shape index (κ3) is 4.43. The van der Waals surface area contributed by atoms with Crippen LogP contribution >= 0.6 is 0 Å². The summed E-state index contributed by atoms with van der Waals surface area (Å²) in [5.41, 5.74) is 5.70. The second kappa shape index (κ2) is 9.43.